The number of rotatable bonds is 5. The minimum atomic E-state index is -4.65. The van der Waals surface area contributed by atoms with Gasteiger partial charge in [0.1, 0.15) is 5.75 Å². The number of nitro groups is 1. The number of carbonyl (C=O) groups is 1. The van der Waals surface area contributed by atoms with Gasteiger partial charge in [-0.05, 0) is 48.5 Å². The number of non-ortho nitro benzene ring substituents is 1. The van der Waals surface area contributed by atoms with Gasteiger partial charge in [-0.25, -0.2) is 0 Å². The second kappa shape index (κ2) is 8.42. The highest BCUT2D eigenvalue weighted by Gasteiger charge is 2.31. The molecule has 0 heterocycles. The lowest BCUT2D eigenvalue weighted by atomic mass is 10.1. The Morgan fingerprint density at radius 2 is 1.73 bits per heavy atom. The van der Waals surface area contributed by atoms with Gasteiger partial charge in [0.15, 0.2) is 5.75 Å². The minimum Gasteiger partial charge on any atom is -0.455 e. The van der Waals surface area contributed by atoms with Gasteiger partial charge in [-0.3, -0.25) is 14.9 Å². The van der Waals surface area contributed by atoms with E-state index in [4.69, 9.17) is 16.3 Å². The number of halogens is 4. The van der Waals surface area contributed by atoms with E-state index in [0.717, 1.165) is 24.3 Å². The van der Waals surface area contributed by atoms with Gasteiger partial charge >= 0.3 is 6.18 Å². The highest BCUT2D eigenvalue weighted by atomic mass is 35.5. The van der Waals surface area contributed by atoms with Crippen LogP contribution in [-0.4, -0.2) is 10.8 Å². The highest BCUT2D eigenvalue weighted by Crippen LogP contribution is 2.37. The predicted octanol–water partition coefficient (Wildman–Crippen LogP) is 6.31. The van der Waals surface area contributed by atoms with Crippen molar-refractivity contribution in [3.05, 3.63) is 93.0 Å². The molecule has 0 saturated heterocycles. The zero-order valence-corrected chi connectivity index (χ0v) is 15.7. The number of nitrogens with one attached hydrogen (secondary N) is 1. The summed E-state index contributed by atoms with van der Waals surface area (Å²) in [5.74, 6) is -0.604. The van der Waals surface area contributed by atoms with Crippen LogP contribution in [0.3, 0.4) is 0 Å². The molecule has 0 aromatic heterocycles. The average molecular weight is 437 g/mol. The molecule has 1 N–H and O–H groups in total. The summed E-state index contributed by atoms with van der Waals surface area (Å²) < 4.78 is 45.0. The monoisotopic (exact) mass is 436 g/mol. The molecule has 0 spiro atoms. The average Bonchev–Trinajstić information content (AvgIpc) is 2.70. The molecule has 10 heteroatoms. The highest BCUT2D eigenvalue weighted by molar-refractivity contribution is 6.30. The van der Waals surface area contributed by atoms with Crippen LogP contribution >= 0.6 is 11.6 Å². The lowest BCUT2D eigenvalue weighted by molar-refractivity contribution is -0.384. The molecule has 6 nitrogen and oxygen atoms in total. The third kappa shape index (κ3) is 5.06. The van der Waals surface area contributed by atoms with E-state index in [1.807, 2.05) is 0 Å². The number of ether oxygens (including phenoxy) is 1. The third-order valence-electron chi connectivity index (χ3n) is 3.92. The van der Waals surface area contributed by atoms with Crippen molar-refractivity contribution in [3.8, 4) is 11.5 Å². The Morgan fingerprint density at radius 1 is 1.03 bits per heavy atom. The van der Waals surface area contributed by atoms with Gasteiger partial charge in [0.05, 0.1) is 16.2 Å². The maximum absolute atomic E-state index is 13.1. The zero-order chi connectivity index (χ0) is 21.9. The fourth-order valence-corrected chi connectivity index (χ4v) is 2.60. The molecule has 0 aliphatic heterocycles. The molecule has 3 rings (SSSR count). The van der Waals surface area contributed by atoms with Crippen molar-refractivity contribution < 1.29 is 27.6 Å². The Morgan fingerprint density at radius 3 is 2.37 bits per heavy atom. The van der Waals surface area contributed by atoms with E-state index in [2.05, 4.69) is 5.32 Å². The van der Waals surface area contributed by atoms with Crippen molar-refractivity contribution >= 4 is 28.9 Å². The second-order valence-electron chi connectivity index (χ2n) is 6.03. The number of hydrogen-bond acceptors (Lipinski definition) is 4. The van der Waals surface area contributed by atoms with Crippen LogP contribution in [-0.2, 0) is 6.18 Å². The Kier molecular flexibility index (Phi) is 5.93. The number of anilines is 1. The van der Waals surface area contributed by atoms with Crippen molar-refractivity contribution in [2.75, 3.05) is 5.32 Å². The van der Waals surface area contributed by atoms with E-state index in [0.29, 0.717) is 5.02 Å². The van der Waals surface area contributed by atoms with E-state index < -0.39 is 22.6 Å². The summed E-state index contributed by atoms with van der Waals surface area (Å²) in [6.07, 6.45) is -4.65. The van der Waals surface area contributed by atoms with Crippen LogP contribution in [0.4, 0.5) is 24.5 Å². The van der Waals surface area contributed by atoms with Crippen molar-refractivity contribution in [2.45, 2.75) is 6.18 Å². The Bertz CT molecular complexity index is 1100. The van der Waals surface area contributed by atoms with Crippen molar-refractivity contribution in [3.63, 3.8) is 0 Å². The van der Waals surface area contributed by atoms with E-state index in [9.17, 15) is 28.1 Å². The lowest BCUT2D eigenvalue weighted by Gasteiger charge is -2.15. The van der Waals surface area contributed by atoms with E-state index in [-0.39, 0.29) is 28.4 Å². The van der Waals surface area contributed by atoms with Gasteiger partial charge in [0.2, 0.25) is 0 Å². The summed E-state index contributed by atoms with van der Waals surface area (Å²) in [4.78, 5) is 22.7. The number of carbonyl (C=O) groups excluding carboxylic acids is 1. The number of amides is 1. The smallest absolute Gasteiger partial charge is 0.416 e. The standard InChI is InChI=1S/C20H12ClF3N2O4/c21-14-5-7-16(8-6-14)30-18-9-4-13(20(22,23)24)11-17(18)25-19(27)12-2-1-3-15(10-12)26(28)29/h1-11H,(H,25,27). The van der Waals surface area contributed by atoms with Crippen molar-refractivity contribution in [1.29, 1.82) is 0 Å². The number of hydrogen-bond donors (Lipinski definition) is 1. The van der Waals surface area contributed by atoms with E-state index in [1.54, 1.807) is 0 Å². The fourth-order valence-electron chi connectivity index (χ4n) is 2.48. The largest absolute Gasteiger partial charge is 0.455 e. The van der Waals surface area contributed by atoms with E-state index >= 15 is 0 Å². The minimum absolute atomic E-state index is 0.0518. The summed E-state index contributed by atoms with van der Waals surface area (Å²) >= 11 is 5.80. The number of alkyl halides is 3. The topological polar surface area (TPSA) is 81.5 Å². The summed E-state index contributed by atoms with van der Waals surface area (Å²) in [7, 11) is 0. The Balaban J connectivity index is 1.95. The molecular weight excluding hydrogens is 425 g/mol. The van der Waals surface area contributed by atoms with Crippen LogP contribution in [0.1, 0.15) is 15.9 Å². The first-order chi connectivity index (χ1) is 14.1. The maximum Gasteiger partial charge on any atom is 0.416 e. The van der Waals surface area contributed by atoms with Gasteiger partial charge in [-0.1, -0.05) is 17.7 Å². The van der Waals surface area contributed by atoms with Gasteiger partial charge < -0.3 is 10.1 Å². The molecule has 3 aromatic rings. The lowest BCUT2D eigenvalue weighted by Crippen LogP contribution is -2.14. The molecule has 0 fully saturated rings. The third-order valence-corrected chi connectivity index (χ3v) is 4.17. The first kappa shape index (κ1) is 21.1. The summed E-state index contributed by atoms with van der Waals surface area (Å²) in [5.41, 5.74) is -1.68. The molecule has 0 saturated carbocycles. The first-order valence-corrected chi connectivity index (χ1v) is 8.72. The van der Waals surface area contributed by atoms with E-state index in [1.165, 1.54) is 42.5 Å². The van der Waals surface area contributed by atoms with Crippen LogP contribution in [0.5, 0.6) is 11.5 Å². The molecule has 0 aliphatic rings. The van der Waals surface area contributed by atoms with Crippen LogP contribution in [0.15, 0.2) is 66.7 Å². The quantitative estimate of drug-likeness (QED) is 0.375. The molecule has 0 atom stereocenters. The molecule has 0 aliphatic carbocycles. The predicted molar refractivity (Wildman–Crippen MR) is 104 cm³/mol. The summed E-state index contributed by atoms with van der Waals surface area (Å²) in [6, 6.07) is 13.5. The van der Waals surface area contributed by atoms with Crippen molar-refractivity contribution in [1.82, 2.24) is 0 Å². The number of benzene rings is 3. The van der Waals surface area contributed by atoms with Gasteiger partial charge in [-0.2, -0.15) is 13.2 Å². The van der Waals surface area contributed by atoms with Crippen LogP contribution in [0, 0.1) is 10.1 Å². The van der Waals surface area contributed by atoms with Crippen molar-refractivity contribution in [2.24, 2.45) is 0 Å². The normalized spacial score (nSPS) is 11.1. The fraction of sp³-hybridized carbons (Fsp3) is 0.0500. The summed E-state index contributed by atoms with van der Waals surface area (Å²) in [6.45, 7) is 0. The number of nitro benzene ring substituents is 1. The molecule has 0 radical (unpaired) electrons. The SMILES string of the molecule is O=C(Nc1cc(C(F)(F)F)ccc1Oc1ccc(Cl)cc1)c1cccc([N+](=O)[O-])c1. The molecule has 154 valence electrons. The Labute approximate surface area is 173 Å². The zero-order valence-electron chi connectivity index (χ0n) is 14.9. The van der Waals surface area contributed by atoms with Gasteiger partial charge in [0, 0.05) is 22.7 Å². The molecule has 0 unspecified atom stereocenters. The van der Waals surface area contributed by atoms with Crippen LogP contribution in [0.25, 0.3) is 0 Å². The molecular formula is C20H12ClF3N2O4. The van der Waals surface area contributed by atoms with Crippen LogP contribution in [0.2, 0.25) is 5.02 Å². The summed E-state index contributed by atoms with van der Waals surface area (Å²) in [5, 5.41) is 13.7. The van der Waals surface area contributed by atoms with Crippen LogP contribution < -0.4 is 10.1 Å². The maximum atomic E-state index is 13.1. The first-order valence-electron chi connectivity index (χ1n) is 8.34. The van der Waals surface area contributed by atoms with Gasteiger partial charge in [-0.15, -0.1) is 0 Å². The molecule has 3 aromatic carbocycles. The number of nitrogens with zero attached hydrogens (tertiary/aromatic N) is 1. The molecule has 0 bridgehead atoms. The second-order valence-corrected chi connectivity index (χ2v) is 6.46. The Hall–Kier alpha value is -3.59. The van der Waals surface area contributed by atoms with Gasteiger partial charge in [0.25, 0.3) is 11.6 Å². The molecule has 30 heavy (non-hydrogen) atoms. The molecule has 1 amide bonds.